The molecule has 0 bridgehead atoms. The molecule has 0 spiro atoms. The zero-order valence-electron chi connectivity index (χ0n) is 6.75. The van der Waals surface area contributed by atoms with Gasteiger partial charge in [0.1, 0.15) is 11.9 Å². The van der Waals surface area contributed by atoms with Crippen LogP contribution in [-0.4, -0.2) is 21.7 Å². The van der Waals surface area contributed by atoms with Gasteiger partial charge in [-0.1, -0.05) is 18.2 Å². The van der Waals surface area contributed by atoms with Crippen LogP contribution < -0.4 is 0 Å². The summed E-state index contributed by atoms with van der Waals surface area (Å²) in [6, 6.07) is 6.00. The fourth-order valence-corrected chi connectivity index (χ4v) is 1.01. The van der Waals surface area contributed by atoms with Crippen molar-refractivity contribution in [3.05, 3.63) is 39.9 Å². The third kappa shape index (κ3) is 2.41. The quantitative estimate of drug-likeness (QED) is 0.533. The molecule has 5 heteroatoms. The van der Waals surface area contributed by atoms with E-state index in [0.29, 0.717) is 0 Å². The van der Waals surface area contributed by atoms with Crippen molar-refractivity contribution in [3.8, 4) is 5.75 Å². The highest BCUT2D eigenvalue weighted by Crippen LogP contribution is 2.23. The number of aliphatic hydroxyl groups is 1. The average Bonchev–Trinajstić information content (AvgIpc) is 2.03. The summed E-state index contributed by atoms with van der Waals surface area (Å²) < 4.78 is 0. The minimum atomic E-state index is -1.25. The molecule has 1 aromatic rings. The van der Waals surface area contributed by atoms with Crippen molar-refractivity contribution in [1.29, 1.82) is 0 Å². The third-order valence-corrected chi connectivity index (χ3v) is 1.62. The van der Waals surface area contributed by atoms with Crippen LogP contribution >= 0.6 is 0 Å². The Bertz CT molecular complexity index is 313. The number of aliphatic hydroxyl groups excluding tert-OH is 1. The molecule has 2 N–H and O–H groups in total. The maximum absolute atomic E-state index is 10.1. The number of hydrogen-bond acceptors (Lipinski definition) is 4. The van der Waals surface area contributed by atoms with Gasteiger partial charge in [0.15, 0.2) is 0 Å². The van der Waals surface area contributed by atoms with Crippen molar-refractivity contribution in [2.45, 2.75) is 6.10 Å². The van der Waals surface area contributed by atoms with Crippen molar-refractivity contribution >= 4 is 0 Å². The van der Waals surface area contributed by atoms with Crippen LogP contribution in [0.5, 0.6) is 5.75 Å². The van der Waals surface area contributed by atoms with Crippen molar-refractivity contribution in [3.63, 3.8) is 0 Å². The van der Waals surface area contributed by atoms with Crippen LogP contribution in [0.1, 0.15) is 11.7 Å². The smallest absolute Gasteiger partial charge is 0.233 e. The lowest BCUT2D eigenvalue weighted by molar-refractivity contribution is -0.491. The van der Waals surface area contributed by atoms with E-state index in [9.17, 15) is 20.3 Å². The molecule has 0 saturated carbocycles. The molecule has 0 saturated heterocycles. The molecule has 1 atom stereocenters. The number of para-hydroxylation sites is 1. The van der Waals surface area contributed by atoms with Gasteiger partial charge in [0.2, 0.25) is 6.54 Å². The zero-order chi connectivity index (χ0) is 9.84. The van der Waals surface area contributed by atoms with E-state index in [1.807, 2.05) is 0 Å². The molecule has 0 aliphatic rings. The van der Waals surface area contributed by atoms with E-state index in [4.69, 9.17) is 0 Å². The first-order valence-electron chi connectivity index (χ1n) is 3.69. The van der Waals surface area contributed by atoms with Gasteiger partial charge in [0.25, 0.3) is 0 Å². The van der Waals surface area contributed by atoms with Crippen LogP contribution in [0.15, 0.2) is 24.3 Å². The normalized spacial score (nSPS) is 12.4. The molecule has 0 aliphatic carbocycles. The number of aromatic hydroxyl groups is 1. The molecule has 0 fully saturated rings. The van der Waals surface area contributed by atoms with E-state index >= 15 is 0 Å². The third-order valence-electron chi connectivity index (χ3n) is 1.62. The van der Waals surface area contributed by atoms with Crippen LogP contribution in [0, 0.1) is 10.1 Å². The molecular weight excluding hydrogens is 174 g/mol. The summed E-state index contributed by atoms with van der Waals surface area (Å²) >= 11 is 0. The minimum Gasteiger partial charge on any atom is -0.508 e. The lowest BCUT2D eigenvalue weighted by atomic mass is 10.1. The standard InChI is InChI=1S/C8H9NO4/c10-7-4-2-1-3-6(7)8(11)5-9(12)13/h1-4,8,10-11H,5H2/t8-/m1/s1. The predicted octanol–water partition coefficient (Wildman–Crippen LogP) is 0.702. The number of hydrogen-bond donors (Lipinski definition) is 2. The summed E-state index contributed by atoms with van der Waals surface area (Å²) in [6.45, 7) is -0.600. The van der Waals surface area contributed by atoms with Crippen LogP contribution in [0.3, 0.4) is 0 Å². The predicted molar refractivity (Wildman–Crippen MR) is 44.9 cm³/mol. The second-order valence-electron chi connectivity index (χ2n) is 2.59. The van der Waals surface area contributed by atoms with Gasteiger partial charge in [0.05, 0.1) is 0 Å². The first-order valence-corrected chi connectivity index (χ1v) is 3.69. The fourth-order valence-electron chi connectivity index (χ4n) is 1.01. The number of rotatable bonds is 3. The summed E-state index contributed by atoms with van der Waals surface area (Å²) in [6.07, 6.45) is -1.25. The monoisotopic (exact) mass is 183 g/mol. The number of nitro groups is 1. The highest BCUT2D eigenvalue weighted by Gasteiger charge is 2.16. The van der Waals surface area contributed by atoms with Gasteiger partial charge in [-0.3, -0.25) is 10.1 Å². The summed E-state index contributed by atoms with van der Waals surface area (Å²) in [7, 11) is 0. The average molecular weight is 183 g/mol. The van der Waals surface area contributed by atoms with Gasteiger partial charge in [-0.15, -0.1) is 0 Å². The summed E-state index contributed by atoms with van der Waals surface area (Å²) in [5.41, 5.74) is 0.180. The van der Waals surface area contributed by atoms with Gasteiger partial charge in [-0.2, -0.15) is 0 Å². The molecule has 70 valence electrons. The highest BCUT2D eigenvalue weighted by molar-refractivity contribution is 5.33. The van der Waals surface area contributed by atoms with Crippen molar-refractivity contribution in [2.24, 2.45) is 0 Å². The van der Waals surface area contributed by atoms with Gasteiger partial charge in [-0.05, 0) is 6.07 Å². The van der Waals surface area contributed by atoms with Crippen LogP contribution in [0.2, 0.25) is 0 Å². The number of benzene rings is 1. The van der Waals surface area contributed by atoms with Crippen LogP contribution in [-0.2, 0) is 0 Å². The molecule has 0 heterocycles. The Hall–Kier alpha value is -1.62. The van der Waals surface area contributed by atoms with Gasteiger partial charge < -0.3 is 10.2 Å². The molecule has 5 nitrogen and oxygen atoms in total. The topological polar surface area (TPSA) is 83.6 Å². The largest absolute Gasteiger partial charge is 0.508 e. The first-order chi connectivity index (χ1) is 6.11. The Morgan fingerprint density at radius 1 is 1.46 bits per heavy atom. The van der Waals surface area contributed by atoms with Crippen LogP contribution in [0.4, 0.5) is 0 Å². The van der Waals surface area contributed by atoms with Crippen molar-refractivity contribution in [1.82, 2.24) is 0 Å². The molecular formula is C8H9NO4. The minimum absolute atomic E-state index is 0.128. The van der Waals surface area contributed by atoms with Crippen molar-refractivity contribution in [2.75, 3.05) is 6.54 Å². The zero-order valence-corrected chi connectivity index (χ0v) is 6.75. The highest BCUT2D eigenvalue weighted by atomic mass is 16.6. The summed E-state index contributed by atoms with van der Waals surface area (Å²) in [4.78, 5) is 9.43. The lowest BCUT2D eigenvalue weighted by Gasteiger charge is -2.07. The number of phenolic OH excluding ortho intramolecular Hbond substituents is 1. The van der Waals surface area contributed by atoms with Crippen molar-refractivity contribution < 1.29 is 15.1 Å². The van der Waals surface area contributed by atoms with E-state index in [0.717, 1.165) is 0 Å². The first kappa shape index (κ1) is 9.47. The molecule has 0 aromatic heterocycles. The Morgan fingerprint density at radius 3 is 2.62 bits per heavy atom. The Labute approximate surface area is 74.4 Å². The lowest BCUT2D eigenvalue weighted by Crippen LogP contribution is -2.11. The molecule has 0 unspecified atom stereocenters. The maximum atomic E-state index is 10.1. The molecule has 1 aromatic carbocycles. The van der Waals surface area contributed by atoms with E-state index in [1.54, 1.807) is 12.1 Å². The van der Waals surface area contributed by atoms with Gasteiger partial charge in [0, 0.05) is 10.5 Å². The number of nitrogens with zero attached hydrogens (tertiary/aromatic N) is 1. The molecule has 0 aliphatic heterocycles. The molecule has 0 amide bonds. The van der Waals surface area contributed by atoms with E-state index in [1.165, 1.54) is 12.1 Å². The SMILES string of the molecule is O=[N+]([O-])C[C@@H](O)c1ccccc1O. The fraction of sp³-hybridized carbons (Fsp3) is 0.250. The summed E-state index contributed by atoms with van der Waals surface area (Å²) in [5.74, 6) is -0.128. The molecule has 0 radical (unpaired) electrons. The molecule has 1 rings (SSSR count). The Morgan fingerprint density at radius 2 is 2.08 bits per heavy atom. The Balaban J connectivity index is 2.82. The number of phenols is 1. The van der Waals surface area contributed by atoms with Crippen LogP contribution in [0.25, 0.3) is 0 Å². The Kier molecular flexibility index (Phi) is 2.81. The van der Waals surface area contributed by atoms with E-state index in [-0.39, 0.29) is 11.3 Å². The molecule has 13 heavy (non-hydrogen) atoms. The second kappa shape index (κ2) is 3.86. The van der Waals surface area contributed by atoms with E-state index < -0.39 is 17.6 Å². The summed E-state index contributed by atoms with van der Waals surface area (Å²) in [5, 5.41) is 28.5. The van der Waals surface area contributed by atoms with Gasteiger partial charge in [-0.25, -0.2) is 0 Å². The van der Waals surface area contributed by atoms with Gasteiger partial charge >= 0.3 is 0 Å². The van der Waals surface area contributed by atoms with E-state index in [2.05, 4.69) is 0 Å². The maximum Gasteiger partial charge on any atom is 0.233 e. The second-order valence-corrected chi connectivity index (χ2v) is 2.59.